The normalized spacial score (nSPS) is 12.4. The van der Waals surface area contributed by atoms with Gasteiger partial charge in [-0.05, 0) is 39.0 Å². The van der Waals surface area contributed by atoms with Gasteiger partial charge in [0.05, 0.1) is 16.6 Å². The highest BCUT2D eigenvalue weighted by Crippen LogP contribution is 2.30. The Morgan fingerprint density at radius 3 is 2.38 bits per heavy atom. The molecule has 2 rings (SSSR count). The first-order valence-corrected chi connectivity index (χ1v) is 6.94. The summed E-state index contributed by atoms with van der Waals surface area (Å²) in [6.45, 7) is 4.29. The number of hydrogen-bond acceptors (Lipinski definition) is 4. The molecule has 1 aromatic heterocycles. The van der Waals surface area contributed by atoms with Crippen LogP contribution in [0.4, 0.5) is 13.2 Å². The lowest BCUT2D eigenvalue weighted by Gasteiger charge is -2.20. The van der Waals surface area contributed by atoms with Crippen LogP contribution in [-0.4, -0.2) is 21.1 Å². The van der Waals surface area contributed by atoms with Crippen LogP contribution < -0.4 is 11.1 Å². The SMILES string of the molecule is CC(C)(C)OC(=O)Cn1c(=O)c(=O)[nH]c2cc(C(F)(F)F)ccc21. The molecule has 0 atom stereocenters. The number of nitrogens with zero attached hydrogens (tertiary/aromatic N) is 1. The monoisotopic (exact) mass is 344 g/mol. The number of rotatable bonds is 2. The molecule has 0 fully saturated rings. The predicted octanol–water partition coefficient (Wildman–Crippen LogP) is 2.05. The zero-order valence-electron chi connectivity index (χ0n) is 13.2. The molecule has 0 aliphatic rings. The molecule has 1 aromatic carbocycles. The minimum Gasteiger partial charge on any atom is -0.459 e. The number of esters is 1. The van der Waals surface area contributed by atoms with Crippen molar-refractivity contribution in [1.82, 2.24) is 9.55 Å². The molecule has 0 radical (unpaired) electrons. The number of halogens is 3. The summed E-state index contributed by atoms with van der Waals surface area (Å²) in [7, 11) is 0. The van der Waals surface area contributed by atoms with E-state index < -0.39 is 41.0 Å². The number of carbonyl (C=O) groups is 1. The van der Waals surface area contributed by atoms with Crippen molar-refractivity contribution in [2.24, 2.45) is 0 Å². The summed E-state index contributed by atoms with van der Waals surface area (Å²) in [6, 6.07) is 2.51. The van der Waals surface area contributed by atoms with Crippen LogP contribution in [0.1, 0.15) is 26.3 Å². The minimum absolute atomic E-state index is 0.00143. The Kier molecular flexibility index (Phi) is 4.30. The second-order valence-corrected chi connectivity index (χ2v) is 6.16. The molecule has 9 heteroatoms. The van der Waals surface area contributed by atoms with Crippen LogP contribution >= 0.6 is 0 Å². The Hall–Kier alpha value is -2.58. The number of alkyl halides is 3. The van der Waals surface area contributed by atoms with Gasteiger partial charge >= 0.3 is 23.3 Å². The van der Waals surface area contributed by atoms with Gasteiger partial charge in [-0.25, -0.2) is 0 Å². The highest BCUT2D eigenvalue weighted by molar-refractivity contribution is 5.78. The maximum atomic E-state index is 12.8. The van der Waals surface area contributed by atoms with E-state index in [2.05, 4.69) is 4.98 Å². The van der Waals surface area contributed by atoms with E-state index in [1.165, 1.54) is 0 Å². The van der Waals surface area contributed by atoms with Crippen molar-refractivity contribution in [1.29, 1.82) is 0 Å². The quantitative estimate of drug-likeness (QED) is 0.668. The Morgan fingerprint density at radius 2 is 1.83 bits per heavy atom. The lowest BCUT2D eigenvalue weighted by atomic mass is 10.2. The molecule has 6 nitrogen and oxygen atoms in total. The fraction of sp³-hybridized carbons (Fsp3) is 0.400. The molecule has 0 bridgehead atoms. The molecule has 2 aromatic rings. The number of aromatic nitrogens is 2. The van der Waals surface area contributed by atoms with E-state index in [0.717, 1.165) is 16.7 Å². The van der Waals surface area contributed by atoms with E-state index in [4.69, 9.17) is 4.74 Å². The van der Waals surface area contributed by atoms with Gasteiger partial charge in [0.1, 0.15) is 12.1 Å². The first-order chi connectivity index (χ1) is 10.9. The molecule has 0 aliphatic heterocycles. The molecular formula is C15H15F3N2O4. The largest absolute Gasteiger partial charge is 0.459 e. The first kappa shape index (κ1) is 17.8. The van der Waals surface area contributed by atoms with E-state index in [1.807, 2.05) is 0 Å². The molecule has 130 valence electrons. The Labute approximate surface area is 133 Å². The van der Waals surface area contributed by atoms with E-state index in [0.29, 0.717) is 6.07 Å². The Morgan fingerprint density at radius 1 is 1.21 bits per heavy atom. The molecule has 0 saturated heterocycles. The van der Waals surface area contributed by atoms with E-state index in [9.17, 15) is 27.6 Å². The lowest BCUT2D eigenvalue weighted by Crippen LogP contribution is -2.39. The van der Waals surface area contributed by atoms with Crippen LogP contribution in [0.5, 0.6) is 0 Å². The molecule has 0 amide bonds. The molecule has 1 heterocycles. The van der Waals surface area contributed by atoms with Crippen molar-refractivity contribution in [2.45, 2.75) is 39.1 Å². The number of hydrogen-bond donors (Lipinski definition) is 1. The third kappa shape index (κ3) is 3.84. The maximum Gasteiger partial charge on any atom is 0.416 e. The standard InChI is InChI=1S/C15H15F3N2O4/c1-14(2,3)24-11(21)7-20-10-5-4-8(15(16,17)18)6-9(10)19-12(22)13(20)23/h4-6H,7H2,1-3H3,(H,19,22). The Balaban J connectivity index is 2.57. The first-order valence-electron chi connectivity index (χ1n) is 6.94. The van der Waals surface area contributed by atoms with Gasteiger partial charge in [0, 0.05) is 0 Å². The molecule has 0 unspecified atom stereocenters. The van der Waals surface area contributed by atoms with Crippen molar-refractivity contribution >= 4 is 17.0 Å². The molecule has 0 saturated carbocycles. The number of benzene rings is 1. The maximum absolute atomic E-state index is 12.8. The second-order valence-electron chi connectivity index (χ2n) is 6.16. The molecule has 24 heavy (non-hydrogen) atoms. The van der Waals surface area contributed by atoms with Crippen molar-refractivity contribution in [3.8, 4) is 0 Å². The summed E-state index contributed by atoms with van der Waals surface area (Å²) in [6.07, 6.45) is -4.60. The third-order valence-corrected chi connectivity index (χ3v) is 3.01. The Bertz CT molecular complexity index is 904. The van der Waals surface area contributed by atoms with Gasteiger partial charge in [0.2, 0.25) is 0 Å². The molecule has 1 N–H and O–H groups in total. The summed E-state index contributed by atoms with van der Waals surface area (Å²) in [5.74, 6) is -0.781. The van der Waals surface area contributed by atoms with E-state index >= 15 is 0 Å². The van der Waals surface area contributed by atoms with Crippen LogP contribution in [-0.2, 0) is 22.3 Å². The summed E-state index contributed by atoms with van der Waals surface area (Å²) in [5, 5.41) is 0. The fourth-order valence-electron chi connectivity index (χ4n) is 2.12. The van der Waals surface area contributed by atoms with Crippen LogP contribution in [0.15, 0.2) is 27.8 Å². The predicted molar refractivity (Wildman–Crippen MR) is 79.7 cm³/mol. The van der Waals surface area contributed by atoms with Crippen molar-refractivity contribution in [3.05, 3.63) is 44.5 Å². The fourth-order valence-corrected chi connectivity index (χ4v) is 2.12. The van der Waals surface area contributed by atoms with Crippen molar-refractivity contribution < 1.29 is 22.7 Å². The van der Waals surface area contributed by atoms with Gasteiger partial charge in [0.25, 0.3) is 0 Å². The number of carbonyl (C=O) groups excluding carboxylic acids is 1. The second kappa shape index (κ2) is 5.81. The van der Waals surface area contributed by atoms with E-state index in [-0.39, 0.29) is 11.0 Å². The number of ether oxygens (including phenoxy) is 1. The smallest absolute Gasteiger partial charge is 0.416 e. The molecule has 0 spiro atoms. The van der Waals surface area contributed by atoms with Gasteiger partial charge in [-0.3, -0.25) is 19.0 Å². The zero-order valence-corrected chi connectivity index (χ0v) is 13.2. The van der Waals surface area contributed by atoms with Crippen LogP contribution in [0.2, 0.25) is 0 Å². The molecular weight excluding hydrogens is 329 g/mol. The van der Waals surface area contributed by atoms with Crippen LogP contribution in [0.25, 0.3) is 11.0 Å². The van der Waals surface area contributed by atoms with Gasteiger partial charge in [-0.2, -0.15) is 13.2 Å². The number of aromatic amines is 1. The summed E-state index contributed by atoms with van der Waals surface area (Å²) in [4.78, 5) is 37.6. The average molecular weight is 344 g/mol. The summed E-state index contributed by atoms with van der Waals surface area (Å²) < 4.78 is 44.1. The number of fused-ring (bicyclic) bond motifs is 1. The lowest BCUT2D eigenvalue weighted by molar-refractivity contribution is -0.155. The van der Waals surface area contributed by atoms with Crippen molar-refractivity contribution in [2.75, 3.05) is 0 Å². The molecule has 0 aliphatic carbocycles. The third-order valence-electron chi connectivity index (χ3n) is 3.01. The summed E-state index contributed by atoms with van der Waals surface area (Å²) in [5.41, 5.74) is -4.15. The van der Waals surface area contributed by atoms with Gasteiger partial charge in [0.15, 0.2) is 0 Å². The van der Waals surface area contributed by atoms with E-state index in [1.54, 1.807) is 20.8 Å². The van der Waals surface area contributed by atoms with Gasteiger partial charge < -0.3 is 9.72 Å². The average Bonchev–Trinajstić information content (AvgIpc) is 2.40. The zero-order chi connectivity index (χ0) is 18.3. The minimum atomic E-state index is -4.60. The van der Waals surface area contributed by atoms with Gasteiger partial charge in [-0.15, -0.1) is 0 Å². The van der Waals surface area contributed by atoms with Gasteiger partial charge in [-0.1, -0.05) is 0 Å². The van der Waals surface area contributed by atoms with Crippen molar-refractivity contribution in [3.63, 3.8) is 0 Å². The van der Waals surface area contributed by atoms with Crippen LogP contribution in [0, 0.1) is 0 Å². The van der Waals surface area contributed by atoms with Crippen LogP contribution in [0.3, 0.4) is 0 Å². The summed E-state index contributed by atoms with van der Waals surface area (Å²) >= 11 is 0. The number of nitrogens with one attached hydrogen (secondary N) is 1. The topological polar surface area (TPSA) is 81.2 Å². The highest BCUT2D eigenvalue weighted by atomic mass is 19.4. The highest BCUT2D eigenvalue weighted by Gasteiger charge is 2.31. The number of H-pyrrole nitrogens is 1.